The first-order chi connectivity index (χ1) is 12.2. The van der Waals surface area contributed by atoms with Crippen LogP contribution in [0.2, 0.25) is 0 Å². The van der Waals surface area contributed by atoms with Crippen LogP contribution in [0.25, 0.3) is 0 Å². The van der Waals surface area contributed by atoms with Crippen molar-refractivity contribution in [1.82, 2.24) is 5.32 Å². The van der Waals surface area contributed by atoms with Crippen molar-refractivity contribution in [2.45, 2.75) is 25.3 Å². The molecular formula is C19H19N3O3. The predicted molar refractivity (Wildman–Crippen MR) is 94.8 cm³/mol. The van der Waals surface area contributed by atoms with Gasteiger partial charge in [-0.3, -0.25) is 4.79 Å². The third kappa shape index (κ3) is 3.28. The Hall–Kier alpha value is -3.02. The summed E-state index contributed by atoms with van der Waals surface area (Å²) in [5.41, 5.74) is 3.50. The molecule has 6 nitrogen and oxygen atoms in total. The zero-order valence-corrected chi connectivity index (χ0v) is 13.7. The van der Waals surface area contributed by atoms with E-state index < -0.39 is 0 Å². The number of hydrogen-bond acceptors (Lipinski definition) is 3. The number of carbonyl (C=O) groups excluding carboxylic acids is 2. The van der Waals surface area contributed by atoms with E-state index in [1.165, 1.54) is 0 Å². The van der Waals surface area contributed by atoms with Gasteiger partial charge in [0.2, 0.25) is 5.91 Å². The highest BCUT2D eigenvalue weighted by Crippen LogP contribution is 2.31. The number of nitrogens with one attached hydrogen (secondary N) is 3. The predicted octanol–water partition coefficient (Wildman–Crippen LogP) is 3.22. The van der Waals surface area contributed by atoms with Gasteiger partial charge in [-0.2, -0.15) is 0 Å². The van der Waals surface area contributed by atoms with Crippen LogP contribution in [0.1, 0.15) is 30.0 Å². The number of amides is 3. The van der Waals surface area contributed by atoms with Crippen LogP contribution in [0.4, 0.5) is 16.2 Å². The molecule has 0 spiro atoms. The number of benzene rings is 2. The van der Waals surface area contributed by atoms with Crippen molar-refractivity contribution in [1.29, 1.82) is 0 Å². The molecule has 3 N–H and O–H groups in total. The van der Waals surface area contributed by atoms with Crippen molar-refractivity contribution in [3.05, 3.63) is 53.6 Å². The number of hydrogen-bond donors (Lipinski definition) is 3. The van der Waals surface area contributed by atoms with Crippen LogP contribution in [0.3, 0.4) is 0 Å². The molecule has 1 atom stereocenters. The second-order valence-corrected chi connectivity index (χ2v) is 6.25. The standard InChI is InChI=1S/C19H19N3O3/c23-18-8-6-12-5-7-13(11-16(12)21-18)20-19(24)22-15-9-10-25-17-4-2-1-3-14(15)17/h1-5,7,11,15H,6,8-10H2,(H,21,23)(H2,20,22,24). The Kier molecular flexibility index (Phi) is 4.01. The third-order valence-corrected chi connectivity index (χ3v) is 4.53. The monoisotopic (exact) mass is 337 g/mol. The first-order valence-electron chi connectivity index (χ1n) is 8.41. The van der Waals surface area contributed by atoms with Gasteiger partial charge in [0.25, 0.3) is 0 Å². The van der Waals surface area contributed by atoms with Gasteiger partial charge in [-0.25, -0.2) is 4.79 Å². The number of urea groups is 1. The molecule has 128 valence electrons. The highest BCUT2D eigenvalue weighted by molar-refractivity contribution is 5.96. The molecule has 2 aromatic rings. The zero-order chi connectivity index (χ0) is 17.2. The van der Waals surface area contributed by atoms with Gasteiger partial charge in [0.05, 0.1) is 12.6 Å². The Morgan fingerprint density at radius 1 is 1.16 bits per heavy atom. The molecule has 1 unspecified atom stereocenters. The van der Waals surface area contributed by atoms with E-state index >= 15 is 0 Å². The van der Waals surface area contributed by atoms with Gasteiger partial charge in [0, 0.05) is 29.8 Å². The molecule has 0 aliphatic carbocycles. The lowest BCUT2D eigenvalue weighted by Crippen LogP contribution is -2.35. The van der Waals surface area contributed by atoms with E-state index in [2.05, 4.69) is 16.0 Å². The number of carbonyl (C=O) groups is 2. The largest absolute Gasteiger partial charge is 0.493 e. The molecule has 0 aromatic heterocycles. The van der Waals surface area contributed by atoms with Gasteiger partial charge in [0.1, 0.15) is 5.75 Å². The number of anilines is 2. The number of fused-ring (bicyclic) bond motifs is 2. The second-order valence-electron chi connectivity index (χ2n) is 6.25. The summed E-state index contributed by atoms with van der Waals surface area (Å²) in [5.74, 6) is 0.823. The minimum Gasteiger partial charge on any atom is -0.493 e. The van der Waals surface area contributed by atoms with E-state index in [1.807, 2.05) is 36.4 Å². The smallest absolute Gasteiger partial charge is 0.319 e. The summed E-state index contributed by atoms with van der Waals surface area (Å²) in [6, 6.07) is 13.0. The maximum absolute atomic E-state index is 12.4. The normalized spacial score (nSPS) is 18.2. The van der Waals surface area contributed by atoms with Gasteiger partial charge >= 0.3 is 6.03 Å². The number of aryl methyl sites for hydroxylation is 1. The molecule has 2 aliphatic rings. The van der Waals surface area contributed by atoms with Crippen molar-refractivity contribution in [2.75, 3.05) is 17.2 Å². The van der Waals surface area contributed by atoms with Crippen molar-refractivity contribution in [3.8, 4) is 5.75 Å². The molecular weight excluding hydrogens is 318 g/mol. The van der Waals surface area contributed by atoms with E-state index in [1.54, 1.807) is 6.07 Å². The Morgan fingerprint density at radius 3 is 2.96 bits per heavy atom. The summed E-state index contributed by atoms with van der Waals surface area (Å²) in [6.07, 6.45) is 1.96. The topological polar surface area (TPSA) is 79.5 Å². The van der Waals surface area contributed by atoms with Gasteiger partial charge in [-0.1, -0.05) is 24.3 Å². The first kappa shape index (κ1) is 15.5. The molecule has 25 heavy (non-hydrogen) atoms. The molecule has 6 heteroatoms. The molecule has 0 radical (unpaired) electrons. The SMILES string of the molecule is O=C1CCc2ccc(NC(=O)NC3CCOc4ccccc43)cc2N1. The van der Waals surface area contributed by atoms with Crippen LogP contribution >= 0.6 is 0 Å². The Labute approximate surface area is 145 Å². The first-order valence-corrected chi connectivity index (χ1v) is 8.41. The van der Waals surface area contributed by atoms with Crippen molar-refractivity contribution < 1.29 is 14.3 Å². The lowest BCUT2D eigenvalue weighted by atomic mass is 10.0. The minimum atomic E-state index is -0.274. The number of rotatable bonds is 2. The maximum atomic E-state index is 12.4. The van der Waals surface area contributed by atoms with E-state index in [9.17, 15) is 9.59 Å². The molecule has 2 aliphatic heterocycles. The fourth-order valence-corrected chi connectivity index (χ4v) is 3.27. The van der Waals surface area contributed by atoms with E-state index in [0.717, 1.165) is 35.4 Å². The van der Waals surface area contributed by atoms with Gasteiger partial charge < -0.3 is 20.7 Å². The second kappa shape index (κ2) is 6.47. The summed E-state index contributed by atoms with van der Waals surface area (Å²) in [5, 5.41) is 8.68. The lowest BCUT2D eigenvalue weighted by molar-refractivity contribution is -0.116. The van der Waals surface area contributed by atoms with E-state index in [-0.39, 0.29) is 18.0 Å². The van der Waals surface area contributed by atoms with Gasteiger partial charge in [-0.05, 0) is 30.2 Å². The van der Waals surface area contributed by atoms with E-state index in [0.29, 0.717) is 18.7 Å². The molecule has 2 heterocycles. The minimum absolute atomic E-state index is 0.00733. The molecule has 2 aromatic carbocycles. The van der Waals surface area contributed by atoms with Crippen LogP contribution in [0, 0.1) is 0 Å². The average molecular weight is 337 g/mol. The van der Waals surface area contributed by atoms with E-state index in [4.69, 9.17) is 4.74 Å². The molecule has 4 rings (SSSR count). The van der Waals surface area contributed by atoms with Gasteiger partial charge in [-0.15, -0.1) is 0 Å². The molecule has 0 fully saturated rings. The summed E-state index contributed by atoms with van der Waals surface area (Å²) in [6.45, 7) is 0.576. The summed E-state index contributed by atoms with van der Waals surface area (Å²) < 4.78 is 5.61. The van der Waals surface area contributed by atoms with Crippen molar-refractivity contribution in [3.63, 3.8) is 0 Å². The van der Waals surface area contributed by atoms with Crippen LogP contribution < -0.4 is 20.7 Å². The average Bonchev–Trinajstić information content (AvgIpc) is 2.61. The lowest BCUT2D eigenvalue weighted by Gasteiger charge is -2.26. The van der Waals surface area contributed by atoms with Crippen molar-refractivity contribution in [2.24, 2.45) is 0 Å². The highest BCUT2D eigenvalue weighted by atomic mass is 16.5. The molecule has 3 amide bonds. The summed E-state index contributed by atoms with van der Waals surface area (Å²) >= 11 is 0. The van der Waals surface area contributed by atoms with Crippen LogP contribution in [0.15, 0.2) is 42.5 Å². The molecule has 0 saturated heterocycles. The Bertz CT molecular complexity index is 834. The van der Waals surface area contributed by atoms with Crippen molar-refractivity contribution >= 4 is 23.3 Å². The van der Waals surface area contributed by atoms with Crippen LogP contribution in [-0.4, -0.2) is 18.5 Å². The Balaban J connectivity index is 1.45. The zero-order valence-electron chi connectivity index (χ0n) is 13.7. The van der Waals surface area contributed by atoms with Crippen LogP contribution in [0.5, 0.6) is 5.75 Å². The highest BCUT2D eigenvalue weighted by Gasteiger charge is 2.23. The number of para-hydroxylation sites is 1. The van der Waals surface area contributed by atoms with Crippen LogP contribution in [-0.2, 0) is 11.2 Å². The fraction of sp³-hybridized carbons (Fsp3) is 0.263. The fourth-order valence-electron chi connectivity index (χ4n) is 3.27. The number of ether oxygens (including phenoxy) is 1. The maximum Gasteiger partial charge on any atom is 0.319 e. The summed E-state index contributed by atoms with van der Waals surface area (Å²) in [7, 11) is 0. The molecule has 0 saturated carbocycles. The summed E-state index contributed by atoms with van der Waals surface area (Å²) in [4.78, 5) is 23.9. The quantitative estimate of drug-likeness (QED) is 0.787. The third-order valence-electron chi connectivity index (χ3n) is 4.53. The van der Waals surface area contributed by atoms with Gasteiger partial charge in [0.15, 0.2) is 0 Å². The molecule has 0 bridgehead atoms. The Morgan fingerprint density at radius 2 is 2.04 bits per heavy atom.